The predicted octanol–water partition coefficient (Wildman–Crippen LogP) is -0.357. The second-order valence-electron chi connectivity index (χ2n) is 4.61. The van der Waals surface area contributed by atoms with Crippen molar-refractivity contribution >= 4 is 15.8 Å². The van der Waals surface area contributed by atoms with Crippen LogP contribution >= 0.6 is 0 Å². The summed E-state index contributed by atoms with van der Waals surface area (Å²) in [5.74, 6) is -0.783. The SMILES string of the molecule is CS(=O)(=O)Cc1nnnn1C(CC(=O)O)C1CC1. The van der Waals surface area contributed by atoms with Gasteiger partial charge in [-0.2, -0.15) is 0 Å². The van der Waals surface area contributed by atoms with E-state index in [-0.39, 0.29) is 30.0 Å². The summed E-state index contributed by atoms with van der Waals surface area (Å²) in [6.45, 7) is 0. The molecule has 1 N–H and O–H groups in total. The van der Waals surface area contributed by atoms with Crippen LogP contribution in [0.15, 0.2) is 0 Å². The molecule has 1 aliphatic rings. The number of aliphatic carboxylic acids is 1. The van der Waals surface area contributed by atoms with Crippen LogP contribution < -0.4 is 0 Å². The molecule has 1 fully saturated rings. The van der Waals surface area contributed by atoms with Gasteiger partial charge in [0.2, 0.25) is 0 Å². The van der Waals surface area contributed by atoms with Gasteiger partial charge in [-0.1, -0.05) is 0 Å². The zero-order valence-corrected chi connectivity index (χ0v) is 10.7. The third kappa shape index (κ3) is 3.25. The van der Waals surface area contributed by atoms with Gasteiger partial charge in [0.05, 0.1) is 12.5 Å². The number of carboxylic acids is 1. The maximum Gasteiger partial charge on any atom is 0.305 e. The molecule has 9 heteroatoms. The van der Waals surface area contributed by atoms with E-state index in [4.69, 9.17) is 5.11 Å². The normalized spacial score (nSPS) is 17.6. The number of aromatic nitrogens is 4. The lowest BCUT2D eigenvalue weighted by Gasteiger charge is -2.15. The molecule has 0 bridgehead atoms. The van der Waals surface area contributed by atoms with E-state index in [0.29, 0.717) is 0 Å². The fourth-order valence-corrected chi connectivity index (χ4v) is 2.57. The van der Waals surface area contributed by atoms with Crippen LogP contribution in [0.3, 0.4) is 0 Å². The molecule has 0 radical (unpaired) electrons. The Morgan fingerprint density at radius 1 is 1.56 bits per heavy atom. The summed E-state index contributed by atoms with van der Waals surface area (Å²) in [6, 6.07) is -0.353. The summed E-state index contributed by atoms with van der Waals surface area (Å²) >= 11 is 0. The Kier molecular flexibility index (Phi) is 3.33. The predicted molar refractivity (Wildman–Crippen MR) is 60.4 cm³/mol. The second kappa shape index (κ2) is 4.63. The van der Waals surface area contributed by atoms with Crippen molar-refractivity contribution in [3.8, 4) is 0 Å². The van der Waals surface area contributed by atoms with Crippen LogP contribution in [0.1, 0.15) is 31.1 Å². The summed E-state index contributed by atoms with van der Waals surface area (Å²) in [4.78, 5) is 10.8. The molecule has 18 heavy (non-hydrogen) atoms. The van der Waals surface area contributed by atoms with E-state index in [2.05, 4.69) is 15.5 Å². The van der Waals surface area contributed by atoms with Crippen LogP contribution in [0.5, 0.6) is 0 Å². The molecule has 0 saturated heterocycles. The van der Waals surface area contributed by atoms with Gasteiger partial charge in [-0.3, -0.25) is 4.79 Å². The fourth-order valence-electron chi connectivity index (χ4n) is 1.91. The van der Waals surface area contributed by atoms with Crippen LogP contribution in [-0.2, 0) is 20.4 Å². The molecule has 8 nitrogen and oxygen atoms in total. The van der Waals surface area contributed by atoms with E-state index in [9.17, 15) is 13.2 Å². The van der Waals surface area contributed by atoms with Crippen molar-refractivity contribution in [2.24, 2.45) is 5.92 Å². The molecule has 1 aliphatic carbocycles. The van der Waals surface area contributed by atoms with Gasteiger partial charge in [0.15, 0.2) is 15.7 Å². The first kappa shape index (κ1) is 12.9. The highest BCUT2D eigenvalue weighted by molar-refractivity contribution is 7.89. The third-order valence-electron chi connectivity index (χ3n) is 2.82. The Labute approximate surface area is 104 Å². The molecule has 1 saturated carbocycles. The Balaban J connectivity index is 2.25. The van der Waals surface area contributed by atoms with Gasteiger partial charge >= 0.3 is 5.97 Å². The quantitative estimate of drug-likeness (QED) is 0.753. The van der Waals surface area contributed by atoms with Crippen molar-refractivity contribution in [2.75, 3.05) is 6.26 Å². The fraction of sp³-hybridized carbons (Fsp3) is 0.778. The Bertz CT molecular complexity index is 549. The average molecular weight is 274 g/mol. The minimum atomic E-state index is -3.25. The molecule has 1 unspecified atom stereocenters. The smallest absolute Gasteiger partial charge is 0.305 e. The first-order valence-electron chi connectivity index (χ1n) is 5.53. The maximum atomic E-state index is 11.3. The summed E-state index contributed by atoms with van der Waals surface area (Å²) in [5, 5.41) is 19.7. The monoisotopic (exact) mass is 274 g/mol. The molecule has 0 aromatic carbocycles. The molecule has 1 aromatic rings. The molecular weight excluding hydrogens is 260 g/mol. The first-order valence-corrected chi connectivity index (χ1v) is 7.59. The summed E-state index contributed by atoms with van der Waals surface area (Å²) in [5.41, 5.74) is 0. The van der Waals surface area contributed by atoms with Crippen molar-refractivity contribution in [3.05, 3.63) is 5.82 Å². The van der Waals surface area contributed by atoms with Crippen molar-refractivity contribution in [1.82, 2.24) is 20.2 Å². The maximum absolute atomic E-state index is 11.3. The molecule has 1 heterocycles. The highest BCUT2D eigenvalue weighted by Gasteiger charge is 2.36. The van der Waals surface area contributed by atoms with Gasteiger partial charge in [0.1, 0.15) is 5.75 Å². The number of hydrogen-bond donors (Lipinski definition) is 1. The van der Waals surface area contributed by atoms with Gasteiger partial charge in [-0.25, -0.2) is 13.1 Å². The number of sulfone groups is 1. The van der Waals surface area contributed by atoms with Gasteiger partial charge in [0, 0.05) is 6.26 Å². The van der Waals surface area contributed by atoms with E-state index in [0.717, 1.165) is 19.1 Å². The molecule has 0 aliphatic heterocycles. The van der Waals surface area contributed by atoms with E-state index in [1.165, 1.54) is 4.68 Å². The number of hydrogen-bond acceptors (Lipinski definition) is 6. The Morgan fingerprint density at radius 3 is 2.72 bits per heavy atom. The second-order valence-corrected chi connectivity index (χ2v) is 6.75. The van der Waals surface area contributed by atoms with E-state index >= 15 is 0 Å². The largest absolute Gasteiger partial charge is 0.481 e. The van der Waals surface area contributed by atoms with Crippen molar-refractivity contribution in [2.45, 2.75) is 31.1 Å². The lowest BCUT2D eigenvalue weighted by Crippen LogP contribution is -2.20. The van der Waals surface area contributed by atoms with Crippen molar-refractivity contribution in [3.63, 3.8) is 0 Å². The lowest BCUT2D eigenvalue weighted by molar-refractivity contribution is -0.138. The summed E-state index contributed by atoms with van der Waals surface area (Å²) in [7, 11) is -3.25. The summed E-state index contributed by atoms with van der Waals surface area (Å²) in [6.07, 6.45) is 2.86. The summed E-state index contributed by atoms with van der Waals surface area (Å²) < 4.78 is 23.9. The number of carboxylic acid groups (broad SMARTS) is 1. The lowest BCUT2D eigenvalue weighted by atomic mass is 10.1. The number of nitrogens with zero attached hydrogens (tertiary/aromatic N) is 4. The molecule has 0 amide bonds. The highest BCUT2D eigenvalue weighted by atomic mass is 32.2. The van der Waals surface area contributed by atoms with Gasteiger partial charge in [0.25, 0.3) is 0 Å². The van der Waals surface area contributed by atoms with Crippen LogP contribution in [-0.4, -0.2) is 46.0 Å². The van der Waals surface area contributed by atoms with Gasteiger partial charge in [-0.05, 0) is 29.2 Å². The first-order chi connectivity index (χ1) is 8.37. The van der Waals surface area contributed by atoms with Crippen molar-refractivity contribution < 1.29 is 18.3 Å². The number of rotatable bonds is 6. The third-order valence-corrected chi connectivity index (χ3v) is 3.60. The molecular formula is C9H14N4O4S. The zero-order valence-electron chi connectivity index (χ0n) is 9.85. The molecule has 1 aromatic heterocycles. The van der Waals surface area contributed by atoms with E-state index < -0.39 is 15.8 Å². The van der Waals surface area contributed by atoms with E-state index in [1.807, 2.05) is 0 Å². The van der Waals surface area contributed by atoms with Crippen molar-refractivity contribution in [1.29, 1.82) is 0 Å². The Morgan fingerprint density at radius 2 is 2.22 bits per heavy atom. The van der Waals surface area contributed by atoms with Gasteiger partial charge < -0.3 is 5.11 Å². The van der Waals surface area contributed by atoms with Crippen LogP contribution in [0.25, 0.3) is 0 Å². The molecule has 100 valence electrons. The zero-order chi connectivity index (χ0) is 13.3. The minimum Gasteiger partial charge on any atom is -0.481 e. The standard InChI is InChI=1S/C9H14N4O4S/c1-18(16,17)5-8-10-11-12-13(8)7(4-9(14)15)6-2-3-6/h6-7H,2-5H2,1H3,(H,14,15). The molecule has 0 spiro atoms. The minimum absolute atomic E-state index is 0.0908. The van der Waals surface area contributed by atoms with Crippen LogP contribution in [0.4, 0.5) is 0 Å². The molecule has 1 atom stereocenters. The highest BCUT2D eigenvalue weighted by Crippen LogP contribution is 2.41. The topological polar surface area (TPSA) is 115 Å². The Hall–Kier alpha value is -1.51. The van der Waals surface area contributed by atoms with E-state index in [1.54, 1.807) is 0 Å². The number of tetrazole rings is 1. The van der Waals surface area contributed by atoms with Gasteiger partial charge in [-0.15, -0.1) is 5.10 Å². The number of carbonyl (C=O) groups is 1. The van der Waals surface area contributed by atoms with Crippen LogP contribution in [0, 0.1) is 5.92 Å². The molecule has 2 rings (SSSR count). The average Bonchev–Trinajstić information content (AvgIpc) is 2.95. The van der Waals surface area contributed by atoms with Crippen LogP contribution in [0.2, 0.25) is 0 Å².